The molecular weight excluding hydrogens is 204 g/mol. The highest BCUT2D eigenvalue weighted by atomic mass is 16.5. The van der Waals surface area contributed by atoms with Crippen LogP contribution in [0.4, 0.5) is 5.82 Å². The Balaban J connectivity index is 2.23. The maximum atomic E-state index is 5.23. The molecule has 0 unspecified atom stereocenters. The number of hydrogen-bond donors (Lipinski definition) is 1. The molecule has 5 nitrogen and oxygen atoms in total. The summed E-state index contributed by atoms with van der Waals surface area (Å²) in [6, 6.07) is 0. The molecule has 5 heteroatoms. The number of nitrogens with one attached hydrogen (secondary N) is 1. The van der Waals surface area contributed by atoms with Crippen LogP contribution in [0.5, 0.6) is 5.88 Å². The fourth-order valence-corrected chi connectivity index (χ4v) is 2.00. The summed E-state index contributed by atoms with van der Waals surface area (Å²) < 4.78 is 5.23. The zero-order valence-corrected chi connectivity index (χ0v) is 10.0. The summed E-state index contributed by atoms with van der Waals surface area (Å²) >= 11 is 0. The molecule has 0 radical (unpaired) electrons. The number of piperazine rings is 1. The van der Waals surface area contributed by atoms with Crippen LogP contribution in [0.2, 0.25) is 0 Å². The van der Waals surface area contributed by atoms with Crippen molar-refractivity contribution in [1.29, 1.82) is 0 Å². The van der Waals surface area contributed by atoms with E-state index < -0.39 is 0 Å². The van der Waals surface area contributed by atoms with E-state index in [0.29, 0.717) is 5.88 Å². The number of anilines is 1. The van der Waals surface area contributed by atoms with Gasteiger partial charge in [0.2, 0.25) is 0 Å². The molecular formula is C11H18N4O. The van der Waals surface area contributed by atoms with E-state index in [0.717, 1.165) is 25.5 Å². The van der Waals surface area contributed by atoms with Crippen molar-refractivity contribution in [3.63, 3.8) is 0 Å². The third kappa shape index (κ3) is 2.24. The second kappa shape index (κ2) is 4.25. The van der Waals surface area contributed by atoms with Gasteiger partial charge in [0.25, 0.3) is 5.88 Å². The quantitative estimate of drug-likeness (QED) is 0.797. The van der Waals surface area contributed by atoms with E-state index in [1.54, 1.807) is 19.5 Å². The molecule has 1 aromatic rings. The van der Waals surface area contributed by atoms with Gasteiger partial charge < -0.3 is 15.0 Å². The molecule has 1 N–H and O–H groups in total. The summed E-state index contributed by atoms with van der Waals surface area (Å²) in [5.41, 5.74) is 0.0980. The summed E-state index contributed by atoms with van der Waals surface area (Å²) in [4.78, 5) is 10.7. The highest BCUT2D eigenvalue weighted by molar-refractivity contribution is 5.48. The lowest BCUT2D eigenvalue weighted by atomic mass is 10.0. The summed E-state index contributed by atoms with van der Waals surface area (Å²) in [6.07, 6.45) is 3.35. The molecule has 88 valence electrons. The Kier molecular flexibility index (Phi) is 2.96. The van der Waals surface area contributed by atoms with Crippen molar-refractivity contribution in [3.8, 4) is 5.88 Å². The van der Waals surface area contributed by atoms with Gasteiger partial charge in [-0.05, 0) is 13.8 Å². The predicted molar refractivity (Wildman–Crippen MR) is 62.9 cm³/mol. The van der Waals surface area contributed by atoms with Gasteiger partial charge in [-0.15, -0.1) is 0 Å². The van der Waals surface area contributed by atoms with Gasteiger partial charge in [0, 0.05) is 37.6 Å². The molecule has 1 saturated heterocycles. The van der Waals surface area contributed by atoms with Gasteiger partial charge in [0.05, 0.1) is 7.11 Å². The highest BCUT2D eigenvalue weighted by Crippen LogP contribution is 2.24. The molecule has 1 aromatic heterocycles. The van der Waals surface area contributed by atoms with Crippen LogP contribution in [0, 0.1) is 0 Å². The molecule has 1 aliphatic rings. The van der Waals surface area contributed by atoms with Gasteiger partial charge in [-0.2, -0.15) is 0 Å². The molecule has 0 spiro atoms. The van der Waals surface area contributed by atoms with Gasteiger partial charge in [-0.3, -0.25) is 0 Å². The number of aromatic nitrogens is 2. The van der Waals surface area contributed by atoms with Gasteiger partial charge in [-0.25, -0.2) is 9.97 Å². The first kappa shape index (κ1) is 11.1. The standard InChI is InChI=1S/C11H18N4O/c1-11(2)8-15(7-6-14-11)9-10(16-3)13-5-4-12-9/h4-5,14H,6-8H2,1-3H3. The van der Waals surface area contributed by atoms with Crippen LogP contribution in [0.15, 0.2) is 12.4 Å². The topological polar surface area (TPSA) is 50.3 Å². The Morgan fingerprint density at radius 3 is 2.81 bits per heavy atom. The maximum absolute atomic E-state index is 5.23. The molecule has 1 aliphatic heterocycles. The van der Waals surface area contributed by atoms with Crippen molar-refractivity contribution in [3.05, 3.63) is 12.4 Å². The lowest BCUT2D eigenvalue weighted by Gasteiger charge is -2.39. The van der Waals surface area contributed by atoms with E-state index in [9.17, 15) is 0 Å². The molecule has 0 atom stereocenters. The summed E-state index contributed by atoms with van der Waals surface area (Å²) in [7, 11) is 1.63. The van der Waals surface area contributed by atoms with Crippen LogP contribution in [-0.4, -0.2) is 42.3 Å². The van der Waals surface area contributed by atoms with Crippen LogP contribution < -0.4 is 15.0 Å². The van der Waals surface area contributed by atoms with Crippen molar-refractivity contribution in [2.45, 2.75) is 19.4 Å². The Morgan fingerprint density at radius 1 is 1.38 bits per heavy atom. The minimum absolute atomic E-state index is 0.0980. The van der Waals surface area contributed by atoms with Crippen LogP contribution >= 0.6 is 0 Å². The first-order valence-corrected chi connectivity index (χ1v) is 5.47. The SMILES string of the molecule is COc1nccnc1N1CCNC(C)(C)C1. The van der Waals surface area contributed by atoms with Crippen molar-refractivity contribution >= 4 is 5.82 Å². The van der Waals surface area contributed by atoms with Crippen molar-refractivity contribution in [1.82, 2.24) is 15.3 Å². The largest absolute Gasteiger partial charge is 0.478 e. The smallest absolute Gasteiger partial charge is 0.257 e. The van der Waals surface area contributed by atoms with Crippen molar-refractivity contribution in [2.75, 3.05) is 31.6 Å². The zero-order chi connectivity index (χ0) is 11.6. The van der Waals surface area contributed by atoms with E-state index in [-0.39, 0.29) is 5.54 Å². The van der Waals surface area contributed by atoms with Gasteiger partial charge >= 0.3 is 0 Å². The molecule has 2 heterocycles. The monoisotopic (exact) mass is 222 g/mol. The minimum Gasteiger partial charge on any atom is -0.478 e. The average Bonchev–Trinajstić information content (AvgIpc) is 2.27. The van der Waals surface area contributed by atoms with Crippen molar-refractivity contribution in [2.24, 2.45) is 0 Å². The molecule has 1 fully saturated rings. The van der Waals surface area contributed by atoms with Crippen LogP contribution in [0.1, 0.15) is 13.8 Å². The molecule has 0 aromatic carbocycles. The summed E-state index contributed by atoms with van der Waals surface area (Å²) in [6.45, 7) is 7.15. The number of rotatable bonds is 2. The predicted octanol–water partition coefficient (Wildman–Crippen LogP) is 0.673. The van der Waals surface area contributed by atoms with Crippen LogP contribution in [-0.2, 0) is 0 Å². The highest BCUT2D eigenvalue weighted by Gasteiger charge is 2.28. The fourth-order valence-electron chi connectivity index (χ4n) is 2.00. The normalized spacial score (nSPS) is 19.6. The second-order valence-corrected chi connectivity index (χ2v) is 4.62. The van der Waals surface area contributed by atoms with E-state index in [1.807, 2.05) is 0 Å². The van der Waals surface area contributed by atoms with Crippen LogP contribution in [0.25, 0.3) is 0 Å². The molecule has 0 aliphatic carbocycles. The molecule has 16 heavy (non-hydrogen) atoms. The molecule has 0 amide bonds. The van der Waals surface area contributed by atoms with Gasteiger partial charge in [0.1, 0.15) is 0 Å². The Morgan fingerprint density at radius 2 is 2.12 bits per heavy atom. The number of nitrogens with zero attached hydrogens (tertiary/aromatic N) is 3. The number of methoxy groups -OCH3 is 1. The first-order chi connectivity index (χ1) is 7.62. The average molecular weight is 222 g/mol. The lowest BCUT2D eigenvalue weighted by Crippen LogP contribution is -2.57. The maximum Gasteiger partial charge on any atom is 0.257 e. The van der Waals surface area contributed by atoms with Gasteiger partial charge in [0.15, 0.2) is 5.82 Å². The summed E-state index contributed by atoms with van der Waals surface area (Å²) in [5.74, 6) is 1.43. The Hall–Kier alpha value is -1.36. The van der Waals surface area contributed by atoms with E-state index in [2.05, 4.69) is 34.0 Å². The minimum atomic E-state index is 0.0980. The van der Waals surface area contributed by atoms with Gasteiger partial charge in [-0.1, -0.05) is 0 Å². The molecule has 0 bridgehead atoms. The second-order valence-electron chi connectivity index (χ2n) is 4.62. The third-order valence-corrected chi connectivity index (χ3v) is 2.71. The number of ether oxygens (including phenoxy) is 1. The van der Waals surface area contributed by atoms with E-state index >= 15 is 0 Å². The Labute approximate surface area is 95.8 Å². The number of hydrogen-bond acceptors (Lipinski definition) is 5. The fraction of sp³-hybridized carbons (Fsp3) is 0.636. The van der Waals surface area contributed by atoms with Crippen LogP contribution in [0.3, 0.4) is 0 Å². The molecule has 2 rings (SSSR count). The Bertz CT molecular complexity index is 367. The van der Waals surface area contributed by atoms with E-state index in [1.165, 1.54) is 0 Å². The third-order valence-electron chi connectivity index (χ3n) is 2.71. The van der Waals surface area contributed by atoms with E-state index in [4.69, 9.17) is 4.74 Å². The zero-order valence-electron chi connectivity index (χ0n) is 10.0. The summed E-state index contributed by atoms with van der Waals surface area (Å²) in [5, 5.41) is 3.46. The first-order valence-electron chi connectivity index (χ1n) is 5.47. The van der Waals surface area contributed by atoms with Crippen molar-refractivity contribution < 1.29 is 4.74 Å². The lowest BCUT2D eigenvalue weighted by molar-refractivity contribution is 0.344. The molecule has 0 saturated carbocycles.